The van der Waals surface area contributed by atoms with Crippen molar-refractivity contribution in [1.82, 2.24) is 5.32 Å². The SMILES string of the molecule is CC(C)(C)NC(=O)[C@@](C)(F)[C@@H](F)c1ccc(F)cc1. The minimum Gasteiger partial charge on any atom is -0.349 e. The Morgan fingerprint density at radius 2 is 1.63 bits per heavy atom. The maximum Gasteiger partial charge on any atom is 0.261 e. The summed E-state index contributed by atoms with van der Waals surface area (Å²) in [5.41, 5.74) is -3.45. The first-order valence-electron chi connectivity index (χ1n) is 5.95. The highest BCUT2D eigenvalue weighted by Gasteiger charge is 2.44. The average Bonchev–Trinajstić information content (AvgIpc) is 2.26. The van der Waals surface area contributed by atoms with Crippen LogP contribution in [0.5, 0.6) is 0 Å². The summed E-state index contributed by atoms with van der Waals surface area (Å²) in [7, 11) is 0. The fraction of sp³-hybridized carbons (Fsp3) is 0.500. The number of halogens is 3. The Labute approximate surface area is 111 Å². The second-order valence-corrected chi connectivity index (χ2v) is 5.69. The van der Waals surface area contributed by atoms with Gasteiger partial charge in [0.05, 0.1) is 0 Å². The number of rotatable bonds is 3. The number of amides is 1. The monoisotopic (exact) mass is 273 g/mol. The van der Waals surface area contributed by atoms with E-state index in [9.17, 15) is 18.0 Å². The van der Waals surface area contributed by atoms with Crippen molar-refractivity contribution < 1.29 is 18.0 Å². The molecule has 1 N–H and O–H groups in total. The molecule has 5 heteroatoms. The molecule has 19 heavy (non-hydrogen) atoms. The average molecular weight is 273 g/mol. The number of carbonyl (C=O) groups is 1. The van der Waals surface area contributed by atoms with Gasteiger partial charge in [0, 0.05) is 5.54 Å². The fourth-order valence-corrected chi connectivity index (χ4v) is 1.52. The van der Waals surface area contributed by atoms with Crippen molar-refractivity contribution in [3.8, 4) is 0 Å². The van der Waals surface area contributed by atoms with Crippen molar-refractivity contribution in [2.24, 2.45) is 0 Å². The van der Waals surface area contributed by atoms with E-state index in [2.05, 4.69) is 5.32 Å². The van der Waals surface area contributed by atoms with E-state index < -0.39 is 29.1 Å². The van der Waals surface area contributed by atoms with Crippen LogP contribution in [0.1, 0.15) is 39.4 Å². The molecule has 0 spiro atoms. The Kier molecular flexibility index (Phi) is 4.28. The second-order valence-electron chi connectivity index (χ2n) is 5.69. The predicted octanol–water partition coefficient (Wildman–Crippen LogP) is 3.48. The third-order valence-electron chi connectivity index (χ3n) is 2.57. The minimum atomic E-state index is -2.72. The van der Waals surface area contributed by atoms with Gasteiger partial charge in [-0.25, -0.2) is 13.2 Å². The molecule has 1 rings (SSSR count). The summed E-state index contributed by atoms with van der Waals surface area (Å²) in [4.78, 5) is 11.8. The second kappa shape index (κ2) is 5.23. The maximum atomic E-state index is 14.3. The number of hydrogen-bond acceptors (Lipinski definition) is 1. The van der Waals surface area contributed by atoms with E-state index in [4.69, 9.17) is 0 Å². The van der Waals surface area contributed by atoms with Crippen LogP contribution in [0.25, 0.3) is 0 Å². The van der Waals surface area contributed by atoms with Crippen LogP contribution in [0.2, 0.25) is 0 Å². The highest BCUT2D eigenvalue weighted by molar-refractivity contribution is 5.86. The Balaban J connectivity index is 2.92. The molecule has 0 aliphatic rings. The molecule has 0 aromatic heterocycles. The third kappa shape index (κ3) is 3.98. The number of carbonyl (C=O) groups excluding carboxylic acids is 1. The van der Waals surface area contributed by atoms with Gasteiger partial charge in [0.1, 0.15) is 5.82 Å². The molecule has 0 bridgehead atoms. The van der Waals surface area contributed by atoms with Gasteiger partial charge >= 0.3 is 0 Å². The lowest BCUT2D eigenvalue weighted by Crippen LogP contribution is -2.51. The molecule has 0 fully saturated rings. The number of benzene rings is 1. The zero-order chi connectivity index (χ0) is 14.8. The van der Waals surface area contributed by atoms with Gasteiger partial charge in [-0.2, -0.15) is 0 Å². The molecular weight excluding hydrogens is 255 g/mol. The van der Waals surface area contributed by atoms with Crippen molar-refractivity contribution >= 4 is 5.91 Å². The quantitative estimate of drug-likeness (QED) is 0.897. The first-order chi connectivity index (χ1) is 8.54. The van der Waals surface area contributed by atoms with Gasteiger partial charge in [-0.3, -0.25) is 4.79 Å². The Morgan fingerprint density at radius 1 is 1.16 bits per heavy atom. The van der Waals surface area contributed by atoms with Crippen LogP contribution in [0.15, 0.2) is 24.3 Å². The highest BCUT2D eigenvalue weighted by Crippen LogP contribution is 2.33. The Hall–Kier alpha value is -1.52. The van der Waals surface area contributed by atoms with Crippen LogP contribution in [-0.2, 0) is 4.79 Å². The summed E-state index contributed by atoms with van der Waals surface area (Å²) >= 11 is 0. The van der Waals surface area contributed by atoms with E-state index in [-0.39, 0.29) is 5.56 Å². The van der Waals surface area contributed by atoms with Gasteiger partial charge < -0.3 is 5.32 Å². The molecule has 0 saturated heterocycles. The van der Waals surface area contributed by atoms with Gasteiger partial charge in [-0.05, 0) is 45.4 Å². The number of hydrogen-bond donors (Lipinski definition) is 1. The zero-order valence-electron chi connectivity index (χ0n) is 11.4. The molecular formula is C14H18F3NO. The fourth-order valence-electron chi connectivity index (χ4n) is 1.52. The van der Waals surface area contributed by atoms with Crippen LogP contribution in [0.3, 0.4) is 0 Å². The van der Waals surface area contributed by atoms with Crippen molar-refractivity contribution in [3.63, 3.8) is 0 Å². The van der Waals surface area contributed by atoms with Crippen molar-refractivity contribution in [1.29, 1.82) is 0 Å². The first-order valence-corrected chi connectivity index (χ1v) is 5.95. The molecule has 106 valence electrons. The van der Waals surface area contributed by atoms with E-state index in [1.807, 2.05) is 0 Å². The molecule has 2 atom stereocenters. The van der Waals surface area contributed by atoms with E-state index in [1.165, 1.54) is 0 Å². The zero-order valence-corrected chi connectivity index (χ0v) is 11.4. The standard InChI is InChI=1S/C14H18F3NO/c1-13(2,3)18-12(19)14(4,17)11(16)9-5-7-10(15)8-6-9/h5-8,11H,1-4H3,(H,18,19)/t11-,14-/m0/s1. The smallest absolute Gasteiger partial charge is 0.261 e. The normalized spacial score (nSPS) is 16.6. The van der Waals surface area contributed by atoms with Crippen LogP contribution in [-0.4, -0.2) is 17.1 Å². The molecule has 0 heterocycles. The molecule has 1 aromatic carbocycles. The van der Waals surface area contributed by atoms with Crippen molar-refractivity contribution in [3.05, 3.63) is 35.6 Å². The topological polar surface area (TPSA) is 29.1 Å². The maximum absolute atomic E-state index is 14.3. The molecule has 1 amide bonds. The summed E-state index contributed by atoms with van der Waals surface area (Å²) < 4.78 is 41.2. The lowest BCUT2D eigenvalue weighted by Gasteiger charge is -2.29. The van der Waals surface area contributed by atoms with E-state index in [0.717, 1.165) is 31.2 Å². The van der Waals surface area contributed by atoms with Gasteiger partial charge in [-0.1, -0.05) is 12.1 Å². The number of alkyl halides is 2. The molecule has 0 radical (unpaired) electrons. The summed E-state index contributed by atoms with van der Waals surface area (Å²) in [6, 6.07) is 4.31. The summed E-state index contributed by atoms with van der Waals surface area (Å²) in [6.45, 7) is 5.90. The van der Waals surface area contributed by atoms with Crippen LogP contribution in [0.4, 0.5) is 13.2 Å². The lowest BCUT2D eigenvalue weighted by molar-refractivity contribution is -0.137. The lowest BCUT2D eigenvalue weighted by atomic mass is 9.93. The van der Waals surface area contributed by atoms with Gasteiger partial charge in [0.2, 0.25) is 5.67 Å². The largest absolute Gasteiger partial charge is 0.349 e. The van der Waals surface area contributed by atoms with Crippen LogP contribution in [0, 0.1) is 5.82 Å². The van der Waals surface area contributed by atoms with Gasteiger partial charge in [-0.15, -0.1) is 0 Å². The van der Waals surface area contributed by atoms with Gasteiger partial charge in [0.25, 0.3) is 5.91 Å². The summed E-state index contributed by atoms with van der Waals surface area (Å²) in [5, 5.41) is 2.39. The van der Waals surface area contributed by atoms with Crippen molar-refractivity contribution in [2.45, 2.75) is 45.1 Å². The van der Waals surface area contributed by atoms with E-state index in [1.54, 1.807) is 20.8 Å². The molecule has 2 nitrogen and oxygen atoms in total. The Morgan fingerprint density at radius 3 is 2.05 bits per heavy atom. The van der Waals surface area contributed by atoms with E-state index in [0.29, 0.717) is 0 Å². The molecule has 1 aromatic rings. The van der Waals surface area contributed by atoms with E-state index >= 15 is 0 Å². The summed E-state index contributed by atoms with van der Waals surface area (Å²) in [6.07, 6.45) is -2.16. The molecule has 0 aliphatic carbocycles. The minimum absolute atomic E-state index is 0.0736. The van der Waals surface area contributed by atoms with Crippen molar-refractivity contribution in [2.75, 3.05) is 0 Å². The third-order valence-corrected chi connectivity index (χ3v) is 2.57. The number of nitrogens with one attached hydrogen (secondary N) is 1. The van der Waals surface area contributed by atoms with Crippen LogP contribution >= 0.6 is 0 Å². The first kappa shape index (κ1) is 15.5. The molecule has 0 aliphatic heterocycles. The molecule has 0 unspecified atom stereocenters. The van der Waals surface area contributed by atoms with Crippen LogP contribution < -0.4 is 5.32 Å². The Bertz CT molecular complexity index is 449. The summed E-state index contributed by atoms with van der Waals surface area (Å²) in [5.74, 6) is -1.58. The molecule has 0 saturated carbocycles. The predicted molar refractivity (Wildman–Crippen MR) is 67.7 cm³/mol. The highest BCUT2D eigenvalue weighted by atomic mass is 19.2. The van der Waals surface area contributed by atoms with Gasteiger partial charge in [0.15, 0.2) is 6.17 Å².